The quantitative estimate of drug-likeness (QED) is 0.402. The Morgan fingerprint density at radius 2 is 1.75 bits per heavy atom. The Hall–Kier alpha value is -2.86. The van der Waals surface area contributed by atoms with Crippen molar-refractivity contribution in [2.45, 2.75) is 104 Å². The predicted octanol–water partition coefficient (Wildman–Crippen LogP) is 6.07. The second-order valence-corrected chi connectivity index (χ2v) is 12.2. The molecule has 2 heterocycles. The highest BCUT2D eigenvalue weighted by Crippen LogP contribution is 2.39. The van der Waals surface area contributed by atoms with Crippen molar-refractivity contribution in [1.29, 1.82) is 0 Å². The maximum Gasteiger partial charge on any atom is 0.253 e. The van der Waals surface area contributed by atoms with E-state index in [1.165, 1.54) is 81.3 Å². The highest BCUT2D eigenvalue weighted by Gasteiger charge is 2.30. The highest BCUT2D eigenvalue weighted by atomic mass is 16.2. The molecule has 1 saturated heterocycles. The maximum absolute atomic E-state index is 14.1. The largest absolute Gasteiger partial charge is 0.369 e. The van der Waals surface area contributed by atoms with Crippen LogP contribution in [0.3, 0.4) is 0 Å². The van der Waals surface area contributed by atoms with Gasteiger partial charge in [0.05, 0.1) is 5.56 Å². The third-order valence-corrected chi connectivity index (χ3v) is 9.34. The summed E-state index contributed by atoms with van der Waals surface area (Å²) in [5.41, 5.74) is 9.26. The third kappa shape index (κ3) is 6.07. The van der Waals surface area contributed by atoms with Gasteiger partial charge in [-0.15, -0.1) is 0 Å². The molecule has 6 heteroatoms. The van der Waals surface area contributed by atoms with Crippen LogP contribution in [0.2, 0.25) is 0 Å². The van der Waals surface area contributed by atoms with Crippen LogP contribution in [0.1, 0.15) is 109 Å². The standard InChI is InChI=1S/C34H48N4O2/c1-5-28-31(38(6-2)27-13-9-7-10-14-27)20-26-18-25(22-37-15-11-8-12-16-37)19-29(26)32(28)34(40)35-21-30-23(3)17-24(4)36-33(30)39/h17,19-20,27H,5-16,18,21-22H2,1-4H3,(H,35,40)(H,36,39). The predicted molar refractivity (Wildman–Crippen MR) is 165 cm³/mol. The fourth-order valence-corrected chi connectivity index (χ4v) is 7.35. The van der Waals surface area contributed by atoms with Crippen LogP contribution in [0.15, 0.2) is 22.5 Å². The molecule has 1 aromatic carbocycles. The molecule has 216 valence electrons. The van der Waals surface area contributed by atoms with Crippen LogP contribution in [0.4, 0.5) is 5.69 Å². The number of carbonyl (C=O) groups is 1. The molecule has 1 aliphatic heterocycles. The number of piperidine rings is 1. The summed E-state index contributed by atoms with van der Waals surface area (Å²) in [4.78, 5) is 34.8. The first-order chi connectivity index (χ1) is 19.4. The summed E-state index contributed by atoms with van der Waals surface area (Å²) in [7, 11) is 0. The van der Waals surface area contributed by atoms with Crippen LogP contribution in [0, 0.1) is 13.8 Å². The molecule has 5 rings (SSSR count). The lowest BCUT2D eigenvalue weighted by Gasteiger charge is -2.37. The molecule has 2 N–H and O–H groups in total. The minimum absolute atomic E-state index is 0.0653. The molecule has 3 aliphatic rings. The summed E-state index contributed by atoms with van der Waals surface area (Å²) in [6, 6.07) is 4.92. The molecule has 1 saturated carbocycles. The zero-order valence-electron chi connectivity index (χ0n) is 25.1. The smallest absolute Gasteiger partial charge is 0.253 e. The SMILES string of the molecule is CCc1c(N(CC)C2CCCCC2)cc2c(c1C(=O)NCc1c(C)cc(C)[nH]c1=O)C=C(CN1CCCCC1)C2. The first-order valence-electron chi connectivity index (χ1n) is 15.7. The molecule has 0 radical (unpaired) electrons. The van der Waals surface area contributed by atoms with E-state index in [2.05, 4.69) is 46.1 Å². The summed E-state index contributed by atoms with van der Waals surface area (Å²) in [5.74, 6) is -0.0653. The molecule has 1 amide bonds. The van der Waals surface area contributed by atoms with Gasteiger partial charge in [-0.1, -0.05) is 44.3 Å². The maximum atomic E-state index is 14.1. The van der Waals surface area contributed by atoms with Gasteiger partial charge in [0.1, 0.15) is 0 Å². The van der Waals surface area contributed by atoms with E-state index in [-0.39, 0.29) is 18.0 Å². The fourth-order valence-electron chi connectivity index (χ4n) is 7.35. The Kier molecular flexibility index (Phi) is 9.14. The van der Waals surface area contributed by atoms with Gasteiger partial charge in [-0.2, -0.15) is 0 Å². The number of H-pyrrole nitrogens is 1. The highest BCUT2D eigenvalue weighted by molar-refractivity contribution is 6.02. The van der Waals surface area contributed by atoms with Gasteiger partial charge in [0.25, 0.3) is 11.5 Å². The molecular formula is C34H48N4O2. The van der Waals surface area contributed by atoms with E-state index < -0.39 is 0 Å². The topological polar surface area (TPSA) is 68.4 Å². The van der Waals surface area contributed by atoms with Crippen LogP contribution >= 0.6 is 0 Å². The van der Waals surface area contributed by atoms with Crippen LogP contribution in [-0.2, 0) is 19.4 Å². The van der Waals surface area contributed by atoms with E-state index in [1.54, 1.807) is 0 Å². The monoisotopic (exact) mass is 544 g/mol. The van der Waals surface area contributed by atoms with Gasteiger partial charge in [-0.05, 0) is 107 Å². The first kappa shape index (κ1) is 28.7. The number of nitrogens with zero attached hydrogens (tertiary/aromatic N) is 2. The number of hydrogen-bond acceptors (Lipinski definition) is 4. The third-order valence-electron chi connectivity index (χ3n) is 9.34. The van der Waals surface area contributed by atoms with Gasteiger partial charge in [-0.25, -0.2) is 0 Å². The van der Waals surface area contributed by atoms with Crippen LogP contribution in [0.25, 0.3) is 6.08 Å². The lowest BCUT2D eigenvalue weighted by molar-refractivity contribution is 0.0949. The normalized spacial score (nSPS) is 17.9. The van der Waals surface area contributed by atoms with Gasteiger partial charge >= 0.3 is 0 Å². The molecule has 0 spiro atoms. The second kappa shape index (κ2) is 12.8. The lowest BCUT2D eigenvalue weighted by Crippen LogP contribution is -2.38. The van der Waals surface area contributed by atoms with Gasteiger partial charge in [0.15, 0.2) is 0 Å². The van der Waals surface area contributed by atoms with Crippen molar-refractivity contribution in [3.63, 3.8) is 0 Å². The number of aryl methyl sites for hydroxylation is 2. The number of carbonyl (C=O) groups excluding carboxylic acids is 1. The Morgan fingerprint density at radius 1 is 1.02 bits per heavy atom. The zero-order chi connectivity index (χ0) is 28.2. The average Bonchev–Trinajstić information content (AvgIpc) is 3.34. The average molecular weight is 545 g/mol. The molecule has 2 aliphatic carbocycles. The van der Waals surface area contributed by atoms with Gasteiger partial charge in [0, 0.05) is 42.6 Å². The van der Waals surface area contributed by atoms with Gasteiger partial charge in [0.2, 0.25) is 0 Å². The number of aromatic nitrogens is 1. The molecule has 2 fully saturated rings. The molecule has 6 nitrogen and oxygen atoms in total. The lowest BCUT2D eigenvalue weighted by atomic mass is 9.89. The minimum Gasteiger partial charge on any atom is -0.369 e. The Bertz CT molecular complexity index is 1310. The van der Waals surface area contributed by atoms with Crippen molar-refractivity contribution < 1.29 is 4.79 Å². The van der Waals surface area contributed by atoms with Crippen molar-refractivity contribution in [1.82, 2.24) is 15.2 Å². The van der Waals surface area contributed by atoms with E-state index >= 15 is 0 Å². The molecule has 0 unspecified atom stereocenters. The van der Waals surface area contributed by atoms with Gasteiger partial charge < -0.3 is 15.2 Å². The number of nitrogens with one attached hydrogen (secondary N) is 2. The van der Waals surface area contributed by atoms with Crippen molar-refractivity contribution >= 4 is 17.7 Å². The number of fused-ring (bicyclic) bond motifs is 1. The van der Waals surface area contributed by atoms with Gasteiger partial charge in [-0.3, -0.25) is 14.5 Å². The number of likely N-dealkylation sites (tertiary alicyclic amines) is 1. The number of rotatable bonds is 9. The van der Waals surface area contributed by atoms with Crippen LogP contribution in [0.5, 0.6) is 0 Å². The number of benzene rings is 1. The van der Waals surface area contributed by atoms with E-state index in [0.29, 0.717) is 11.6 Å². The van der Waals surface area contributed by atoms with E-state index in [9.17, 15) is 9.59 Å². The molecule has 40 heavy (non-hydrogen) atoms. The molecule has 0 bridgehead atoms. The van der Waals surface area contributed by atoms with Crippen LogP contribution in [-0.4, -0.2) is 48.0 Å². The summed E-state index contributed by atoms with van der Waals surface area (Å²) in [5, 5.41) is 3.16. The molecular weight excluding hydrogens is 496 g/mol. The summed E-state index contributed by atoms with van der Waals surface area (Å²) in [6.45, 7) is 12.8. The van der Waals surface area contributed by atoms with Crippen molar-refractivity contribution in [2.24, 2.45) is 0 Å². The Morgan fingerprint density at radius 3 is 2.42 bits per heavy atom. The number of hydrogen-bond donors (Lipinski definition) is 2. The van der Waals surface area contributed by atoms with E-state index in [0.717, 1.165) is 53.9 Å². The van der Waals surface area contributed by atoms with Crippen molar-refractivity contribution in [3.05, 3.63) is 67.1 Å². The minimum atomic E-state index is -0.120. The molecule has 0 atom stereocenters. The number of amides is 1. The fraction of sp³-hybridized carbons (Fsp3) is 0.588. The number of anilines is 1. The zero-order valence-corrected chi connectivity index (χ0v) is 25.1. The summed E-state index contributed by atoms with van der Waals surface area (Å²) < 4.78 is 0. The van der Waals surface area contributed by atoms with Crippen molar-refractivity contribution in [2.75, 3.05) is 31.1 Å². The Balaban J connectivity index is 1.51. The van der Waals surface area contributed by atoms with E-state index in [1.807, 2.05) is 19.9 Å². The summed E-state index contributed by atoms with van der Waals surface area (Å²) in [6.07, 6.45) is 14.3. The summed E-state index contributed by atoms with van der Waals surface area (Å²) >= 11 is 0. The van der Waals surface area contributed by atoms with E-state index in [4.69, 9.17) is 0 Å². The van der Waals surface area contributed by atoms with Crippen molar-refractivity contribution in [3.8, 4) is 0 Å². The number of aromatic amines is 1. The van der Waals surface area contributed by atoms with Crippen LogP contribution < -0.4 is 15.8 Å². The first-order valence-corrected chi connectivity index (χ1v) is 15.7. The second-order valence-electron chi connectivity index (χ2n) is 12.2. The molecule has 1 aromatic heterocycles. The Labute approximate surface area is 240 Å². The number of pyridine rings is 1. The molecule has 2 aromatic rings.